The van der Waals surface area contributed by atoms with E-state index in [-0.39, 0.29) is 0 Å². The fourth-order valence-corrected chi connectivity index (χ4v) is 1.68. The predicted octanol–water partition coefficient (Wildman–Crippen LogP) is 3.67. The summed E-state index contributed by atoms with van der Waals surface area (Å²) in [6.45, 7) is 2.02. The van der Waals surface area contributed by atoms with Crippen molar-refractivity contribution in [1.82, 2.24) is 4.98 Å². The number of rotatable bonds is 3. The fourth-order valence-electron chi connectivity index (χ4n) is 1.45. The van der Waals surface area contributed by atoms with Crippen molar-refractivity contribution >= 4 is 17.3 Å². The van der Waals surface area contributed by atoms with Crippen LogP contribution >= 0.6 is 11.6 Å². The second-order valence-electron chi connectivity index (χ2n) is 3.65. The maximum atomic E-state index is 5.94. The Kier molecular flexibility index (Phi) is 3.49. The van der Waals surface area contributed by atoms with Crippen molar-refractivity contribution in [2.75, 3.05) is 5.73 Å². The molecule has 0 unspecified atom stereocenters. The second kappa shape index (κ2) is 5.06. The number of aromatic nitrogens is 1. The van der Waals surface area contributed by atoms with Crippen LogP contribution in [0.25, 0.3) is 0 Å². The van der Waals surface area contributed by atoms with Crippen LogP contribution in [-0.2, 0) is 6.42 Å². The average Bonchev–Trinajstić information content (AvgIpc) is 2.34. The molecule has 0 spiro atoms. The van der Waals surface area contributed by atoms with Gasteiger partial charge in [-0.1, -0.05) is 18.5 Å². The van der Waals surface area contributed by atoms with Gasteiger partial charge in [-0.2, -0.15) is 0 Å². The van der Waals surface area contributed by atoms with Crippen molar-refractivity contribution < 1.29 is 4.74 Å². The Bertz CT molecular complexity index is 511. The van der Waals surface area contributed by atoms with Crippen LogP contribution in [-0.4, -0.2) is 4.98 Å². The van der Waals surface area contributed by atoms with Gasteiger partial charge in [-0.3, -0.25) is 0 Å². The van der Waals surface area contributed by atoms with Crippen LogP contribution in [0.15, 0.2) is 36.5 Å². The van der Waals surface area contributed by atoms with E-state index in [4.69, 9.17) is 22.1 Å². The van der Waals surface area contributed by atoms with Gasteiger partial charge in [0.05, 0.1) is 6.20 Å². The number of nitrogens with zero attached hydrogens (tertiary/aromatic N) is 1. The Balaban J connectivity index is 2.21. The van der Waals surface area contributed by atoms with Crippen LogP contribution in [0.2, 0.25) is 5.15 Å². The summed E-state index contributed by atoms with van der Waals surface area (Å²) in [5, 5.41) is 0.525. The number of nitrogen functional groups attached to an aromatic ring is 1. The Morgan fingerprint density at radius 1 is 1.24 bits per heavy atom. The molecule has 2 rings (SSSR count). The molecule has 1 aromatic heterocycles. The molecule has 0 aliphatic carbocycles. The predicted molar refractivity (Wildman–Crippen MR) is 69.6 cm³/mol. The number of nitrogens with two attached hydrogens (primary N) is 1. The van der Waals surface area contributed by atoms with Crippen LogP contribution in [0.3, 0.4) is 0 Å². The zero-order valence-electron chi connectivity index (χ0n) is 9.48. The SMILES string of the molecule is CCc1cc(Oc2ccc(N)cc2)cnc1Cl. The third-order valence-corrected chi connectivity index (χ3v) is 2.72. The zero-order valence-corrected chi connectivity index (χ0v) is 10.2. The average molecular weight is 249 g/mol. The number of ether oxygens (including phenoxy) is 1. The lowest BCUT2D eigenvalue weighted by atomic mass is 10.2. The first-order chi connectivity index (χ1) is 8.19. The number of hydrogen-bond acceptors (Lipinski definition) is 3. The minimum atomic E-state index is 0.525. The summed E-state index contributed by atoms with van der Waals surface area (Å²) in [6, 6.07) is 9.11. The van der Waals surface area contributed by atoms with Crippen molar-refractivity contribution in [2.45, 2.75) is 13.3 Å². The highest BCUT2D eigenvalue weighted by molar-refractivity contribution is 6.30. The van der Waals surface area contributed by atoms with E-state index in [0.717, 1.165) is 17.7 Å². The lowest BCUT2D eigenvalue weighted by Crippen LogP contribution is -1.91. The summed E-state index contributed by atoms with van der Waals surface area (Å²) in [7, 11) is 0. The second-order valence-corrected chi connectivity index (χ2v) is 4.00. The highest BCUT2D eigenvalue weighted by Gasteiger charge is 2.03. The van der Waals surface area contributed by atoms with Crippen LogP contribution in [0.4, 0.5) is 5.69 Å². The summed E-state index contributed by atoms with van der Waals surface area (Å²) in [5.74, 6) is 1.40. The quantitative estimate of drug-likeness (QED) is 0.666. The van der Waals surface area contributed by atoms with Gasteiger partial charge in [-0.25, -0.2) is 4.98 Å². The van der Waals surface area contributed by atoms with E-state index in [0.29, 0.717) is 16.6 Å². The summed E-state index contributed by atoms with van der Waals surface area (Å²) >= 11 is 5.94. The maximum Gasteiger partial charge on any atom is 0.146 e. The smallest absolute Gasteiger partial charge is 0.146 e. The van der Waals surface area contributed by atoms with E-state index < -0.39 is 0 Å². The van der Waals surface area contributed by atoms with Crippen LogP contribution in [0, 0.1) is 0 Å². The third-order valence-electron chi connectivity index (χ3n) is 2.38. The highest BCUT2D eigenvalue weighted by atomic mass is 35.5. The lowest BCUT2D eigenvalue weighted by molar-refractivity contribution is 0.479. The van der Waals surface area contributed by atoms with Crippen molar-refractivity contribution in [3.63, 3.8) is 0 Å². The molecule has 0 atom stereocenters. The molecule has 0 fully saturated rings. The minimum Gasteiger partial charge on any atom is -0.456 e. The first-order valence-corrected chi connectivity index (χ1v) is 5.74. The Labute approximate surface area is 105 Å². The molecular weight excluding hydrogens is 236 g/mol. The number of anilines is 1. The molecule has 1 heterocycles. The topological polar surface area (TPSA) is 48.1 Å². The van der Waals surface area contributed by atoms with Gasteiger partial charge in [0.1, 0.15) is 16.7 Å². The third kappa shape index (κ3) is 2.88. The first-order valence-electron chi connectivity index (χ1n) is 5.37. The zero-order chi connectivity index (χ0) is 12.3. The minimum absolute atomic E-state index is 0.525. The molecule has 0 saturated carbocycles. The molecule has 0 amide bonds. The molecule has 88 valence electrons. The van der Waals surface area contributed by atoms with Crippen LogP contribution in [0.1, 0.15) is 12.5 Å². The molecule has 0 aliphatic heterocycles. The van der Waals surface area contributed by atoms with Crippen LogP contribution in [0.5, 0.6) is 11.5 Å². The Hall–Kier alpha value is -1.74. The van der Waals surface area contributed by atoms with E-state index in [1.54, 1.807) is 18.3 Å². The first kappa shape index (κ1) is 11.7. The van der Waals surface area contributed by atoms with Gasteiger partial charge in [0.2, 0.25) is 0 Å². The van der Waals surface area contributed by atoms with Gasteiger partial charge < -0.3 is 10.5 Å². The van der Waals surface area contributed by atoms with E-state index in [1.807, 2.05) is 25.1 Å². The Morgan fingerprint density at radius 2 is 1.94 bits per heavy atom. The van der Waals surface area contributed by atoms with Gasteiger partial charge >= 0.3 is 0 Å². The highest BCUT2D eigenvalue weighted by Crippen LogP contribution is 2.25. The van der Waals surface area contributed by atoms with Gasteiger partial charge in [0.25, 0.3) is 0 Å². The van der Waals surface area contributed by atoms with E-state index in [1.165, 1.54) is 0 Å². The monoisotopic (exact) mass is 248 g/mol. The maximum absolute atomic E-state index is 5.94. The molecule has 0 bridgehead atoms. The van der Waals surface area contributed by atoms with E-state index >= 15 is 0 Å². The largest absolute Gasteiger partial charge is 0.456 e. The number of pyridine rings is 1. The van der Waals surface area contributed by atoms with Crippen LogP contribution < -0.4 is 10.5 Å². The molecule has 0 saturated heterocycles. The van der Waals surface area contributed by atoms with Gasteiger partial charge in [0, 0.05) is 5.69 Å². The van der Waals surface area contributed by atoms with Gasteiger partial charge in [0.15, 0.2) is 0 Å². The molecule has 4 heteroatoms. The fraction of sp³-hybridized carbons (Fsp3) is 0.154. The van der Waals surface area contributed by atoms with E-state index in [9.17, 15) is 0 Å². The van der Waals surface area contributed by atoms with Crippen molar-refractivity contribution in [3.8, 4) is 11.5 Å². The molecule has 1 aromatic carbocycles. The summed E-state index contributed by atoms with van der Waals surface area (Å²) in [5.41, 5.74) is 7.28. The normalized spacial score (nSPS) is 10.2. The molecule has 0 radical (unpaired) electrons. The van der Waals surface area contributed by atoms with Crippen molar-refractivity contribution in [2.24, 2.45) is 0 Å². The number of aryl methyl sites for hydroxylation is 1. The Morgan fingerprint density at radius 3 is 2.59 bits per heavy atom. The van der Waals surface area contributed by atoms with E-state index in [2.05, 4.69) is 4.98 Å². The molecular formula is C13H13ClN2O. The molecule has 17 heavy (non-hydrogen) atoms. The van der Waals surface area contributed by atoms with Gasteiger partial charge in [-0.05, 0) is 42.3 Å². The summed E-state index contributed by atoms with van der Waals surface area (Å²) < 4.78 is 5.65. The summed E-state index contributed by atoms with van der Waals surface area (Å²) in [6.07, 6.45) is 2.43. The summed E-state index contributed by atoms with van der Waals surface area (Å²) in [4.78, 5) is 4.08. The molecule has 2 aromatic rings. The molecule has 0 aliphatic rings. The molecule has 3 nitrogen and oxygen atoms in total. The van der Waals surface area contributed by atoms with Crippen molar-refractivity contribution in [1.29, 1.82) is 0 Å². The number of hydrogen-bond donors (Lipinski definition) is 1. The van der Waals surface area contributed by atoms with Gasteiger partial charge in [-0.15, -0.1) is 0 Å². The molecule has 2 N–H and O–H groups in total. The number of halogens is 1. The lowest BCUT2D eigenvalue weighted by Gasteiger charge is -2.07. The standard InChI is InChI=1S/C13H13ClN2O/c1-2-9-7-12(8-16-13(9)14)17-11-5-3-10(15)4-6-11/h3-8H,2,15H2,1H3. The number of benzene rings is 1. The van der Waals surface area contributed by atoms with Crippen molar-refractivity contribution in [3.05, 3.63) is 47.2 Å².